The topological polar surface area (TPSA) is 123 Å². The van der Waals surface area contributed by atoms with Gasteiger partial charge >= 0.3 is 5.69 Å². The predicted molar refractivity (Wildman–Crippen MR) is 88.6 cm³/mol. The summed E-state index contributed by atoms with van der Waals surface area (Å²) in [6.07, 6.45) is 3.59. The van der Waals surface area contributed by atoms with Gasteiger partial charge in [-0.3, -0.25) is 14.3 Å². The number of rotatable bonds is 3. The maximum atomic E-state index is 12.3. The minimum Gasteiger partial charge on any atom is -0.393 e. The number of aromatic amines is 1. The van der Waals surface area contributed by atoms with Crippen molar-refractivity contribution in [3.05, 3.63) is 32.6 Å². The fourth-order valence-corrected chi connectivity index (χ4v) is 4.25. The van der Waals surface area contributed by atoms with Crippen LogP contribution in [0.5, 0.6) is 0 Å². The molecule has 9 nitrogen and oxygen atoms in total. The zero-order valence-corrected chi connectivity index (χ0v) is 14.6. The van der Waals surface area contributed by atoms with E-state index in [-0.39, 0.29) is 0 Å². The molecule has 2 saturated heterocycles. The van der Waals surface area contributed by atoms with Crippen LogP contribution in [0.4, 0.5) is 0 Å². The molecule has 0 unspecified atom stereocenters. The van der Waals surface area contributed by atoms with Crippen LogP contribution in [0.3, 0.4) is 0 Å². The molecule has 1 saturated carbocycles. The quantitative estimate of drug-likeness (QED) is 0.660. The lowest BCUT2D eigenvalue weighted by Gasteiger charge is -2.36. The van der Waals surface area contributed by atoms with Crippen molar-refractivity contribution in [3.8, 4) is 0 Å². The van der Waals surface area contributed by atoms with Gasteiger partial charge in [0.1, 0.15) is 17.8 Å². The number of hydrogen-bond acceptors (Lipinski definition) is 7. The number of H-pyrrole nitrogens is 1. The second-order valence-electron chi connectivity index (χ2n) is 7.46. The first kappa shape index (κ1) is 17.9. The van der Waals surface area contributed by atoms with E-state index in [0.717, 1.165) is 32.1 Å². The Bertz CT molecular complexity index is 791. The van der Waals surface area contributed by atoms with Crippen LogP contribution >= 0.6 is 0 Å². The summed E-state index contributed by atoms with van der Waals surface area (Å²) in [6, 6.07) is 0. The summed E-state index contributed by atoms with van der Waals surface area (Å²) in [6.45, 7) is 0.635. The van der Waals surface area contributed by atoms with E-state index in [2.05, 4.69) is 4.98 Å². The van der Waals surface area contributed by atoms with Gasteiger partial charge in [0.05, 0.1) is 13.2 Å². The Morgan fingerprint density at radius 3 is 2.50 bits per heavy atom. The average Bonchev–Trinajstić information content (AvgIpc) is 3.13. The fourth-order valence-electron chi connectivity index (χ4n) is 4.25. The monoisotopic (exact) mass is 368 g/mol. The van der Waals surface area contributed by atoms with Crippen molar-refractivity contribution in [1.82, 2.24) is 9.55 Å². The average molecular weight is 368 g/mol. The Morgan fingerprint density at radius 2 is 1.85 bits per heavy atom. The van der Waals surface area contributed by atoms with E-state index in [1.165, 1.54) is 10.8 Å². The van der Waals surface area contributed by atoms with Crippen molar-refractivity contribution >= 4 is 0 Å². The number of aliphatic hydroxyl groups is 2. The number of aryl methyl sites for hydroxylation is 1. The molecule has 3 atom stereocenters. The lowest BCUT2D eigenvalue weighted by molar-refractivity contribution is -0.258. The van der Waals surface area contributed by atoms with Crippen molar-refractivity contribution in [2.45, 2.75) is 68.9 Å². The molecule has 0 radical (unpaired) electrons. The van der Waals surface area contributed by atoms with E-state index in [1.54, 1.807) is 6.92 Å². The molecule has 144 valence electrons. The summed E-state index contributed by atoms with van der Waals surface area (Å²) >= 11 is 0. The van der Waals surface area contributed by atoms with Crippen LogP contribution < -0.4 is 11.2 Å². The van der Waals surface area contributed by atoms with Gasteiger partial charge in [-0.15, -0.1) is 0 Å². The van der Waals surface area contributed by atoms with Crippen molar-refractivity contribution < 1.29 is 24.4 Å². The maximum absolute atomic E-state index is 12.3. The van der Waals surface area contributed by atoms with Gasteiger partial charge in [-0.25, -0.2) is 4.79 Å². The van der Waals surface area contributed by atoms with E-state index < -0.39 is 54.3 Å². The summed E-state index contributed by atoms with van der Waals surface area (Å²) < 4.78 is 19.6. The Kier molecular flexibility index (Phi) is 4.31. The molecule has 1 aromatic heterocycles. The van der Waals surface area contributed by atoms with E-state index >= 15 is 0 Å². The highest BCUT2D eigenvalue weighted by molar-refractivity contribution is 5.09. The molecule has 9 heteroatoms. The first-order valence-electron chi connectivity index (χ1n) is 9.01. The number of hydrogen-bond donors (Lipinski definition) is 3. The fraction of sp³-hybridized carbons (Fsp3) is 0.765. The first-order valence-corrected chi connectivity index (χ1v) is 9.01. The molecule has 0 aromatic carbocycles. The summed E-state index contributed by atoms with van der Waals surface area (Å²) in [5.74, 6) is -0.772. The molecule has 1 aromatic rings. The van der Waals surface area contributed by atoms with Crippen LogP contribution in [-0.4, -0.2) is 56.6 Å². The van der Waals surface area contributed by atoms with Crippen LogP contribution in [0.2, 0.25) is 0 Å². The molecule has 4 rings (SSSR count). The van der Waals surface area contributed by atoms with E-state index in [1.807, 2.05) is 0 Å². The number of aromatic nitrogens is 2. The molecular weight excluding hydrogens is 344 g/mol. The van der Waals surface area contributed by atoms with Crippen molar-refractivity contribution in [2.75, 3.05) is 13.2 Å². The highest BCUT2D eigenvalue weighted by Crippen LogP contribution is 2.51. The summed E-state index contributed by atoms with van der Waals surface area (Å²) in [7, 11) is 0. The predicted octanol–water partition coefficient (Wildman–Crippen LogP) is -0.458. The first-order chi connectivity index (χ1) is 12.4. The van der Waals surface area contributed by atoms with Gasteiger partial charge in [-0.1, -0.05) is 6.42 Å². The van der Waals surface area contributed by atoms with Crippen LogP contribution in [-0.2, 0) is 14.2 Å². The highest BCUT2D eigenvalue weighted by atomic mass is 16.8. The highest BCUT2D eigenvalue weighted by Gasteiger charge is 2.65. The molecular formula is C17H24N2O7. The van der Waals surface area contributed by atoms with Crippen molar-refractivity contribution in [3.63, 3.8) is 0 Å². The molecule has 2 aliphatic heterocycles. The van der Waals surface area contributed by atoms with Crippen LogP contribution in [0.25, 0.3) is 0 Å². The Labute approximate surface area is 149 Å². The molecule has 3 aliphatic rings. The number of aliphatic hydroxyl groups excluding tert-OH is 2. The lowest BCUT2D eigenvalue weighted by atomic mass is 9.94. The zero-order chi connectivity index (χ0) is 18.5. The third kappa shape index (κ3) is 2.57. The minimum absolute atomic E-state index is 0.349. The zero-order valence-electron chi connectivity index (χ0n) is 14.6. The summed E-state index contributed by atoms with van der Waals surface area (Å²) in [5.41, 5.74) is -2.13. The Morgan fingerprint density at radius 1 is 1.15 bits per heavy atom. The standard InChI is InChI=1S/C17H24N2O7/c1-10-7-19(15(23)18-13(10)22)14-11-12(16(8-20,9-21)26-14)25-17(24-11)5-3-2-4-6-17/h7,11-12,14,20-21H,2-6,8-9H2,1H3,(H,18,22,23)/t11-,12+,14-/m1/s1. The van der Waals surface area contributed by atoms with E-state index in [9.17, 15) is 19.8 Å². The molecule has 0 bridgehead atoms. The number of nitrogens with one attached hydrogen (secondary N) is 1. The van der Waals surface area contributed by atoms with Gasteiger partial charge in [0.25, 0.3) is 5.56 Å². The van der Waals surface area contributed by atoms with E-state index in [4.69, 9.17) is 14.2 Å². The van der Waals surface area contributed by atoms with Gasteiger partial charge in [0.2, 0.25) is 0 Å². The normalized spacial score (nSPS) is 32.0. The lowest BCUT2D eigenvalue weighted by Crippen LogP contribution is -2.50. The maximum Gasteiger partial charge on any atom is 0.330 e. The second kappa shape index (κ2) is 6.28. The van der Waals surface area contributed by atoms with Gasteiger partial charge in [0, 0.05) is 24.6 Å². The third-order valence-electron chi connectivity index (χ3n) is 5.72. The summed E-state index contributed by atoms with van der Waals surface area (Å²) in [5, 5.41) is 19.8. The Hall–Kier alpha value is -1.52. The largest absolute Gasteiger partial charge is 0.393 e. The van der Waals surface area contributed by atoms with Crippen molar-refractivity contribution in [1.29, 1.82) is 0 Å². The minimum atomic E-state index is -1.38. The van der Waals surface area contributed by atoms with Gasteiger partial charge in [-0.05, 0) is 19.8 Å². The molecule has 1 spiro atoms. The van der Waals surface area contributed by atoms with E-state index in [0.29, 0.717) is 5.56 Å². The molecule has 0 amide bonds. The van der Waals surface area contributed by atoms with Crippen molar-refractivity contribution in [2.24, 2.45) is 0 Å². The Balaban J connectivity index is 1.76. The van der Waals surface area contributed by atoms with Gasteiger partial charge in [0.15, 0.2) is 12.0 Å². The smallest absolute Gasteiger partial charge is 0.330 e. The van der Waals surface area contributed by atoms with Gasteiger partial charge < -0.3 is 24.4 Å². The van der Waals surface area contributed by atoms with Crippen LogP contribution in [0.1, 0.15) is 43.9 Å². The van der Waals surface area contributed by atoms with Crippen LogP contribution in [0, 0.1) is 6.92 Å². The SMILES string of the molecule is Cc1cn([C@@H]2OC(CO)(CO)[C@H]3OC4(CCCCC4)O[C@@H]23)c(=O)[nH]c1=O. The number of nitrogens with zero attached hydrogens (tertiary/aromatic N) is 1. The number of fused-ring (bicyclic) bond motifs is 1. The molecule has 26 heavy (non-hydrogen) atoms. The third-order valence-corrected chi connectivity index (χ3v) is 5.72. The molecule has 1 aliphatic carbocycles. The van der Waals surface area contributed by atoms with Gasteiger partial charge in [-0.2, -0.15) is 0 Å². The number of ether oxygens (including phenoxy) is 3. The summed E-state index contributed by atoms with van der Waals surface area (Å²) in [4.78, 5) is 26.2. The molecule has 3 N–H and O–H groups in total. The van der Waals surface area contributed by atoms with Crippen LogP contribution in [0.15, 0.2) is 15.8 Å². The molecule has 3 fully saturated rings. The molecule has 3 heterocycles. The second-order valence-corrected chi connectivity index (χ2v) is 7.46.